The lowest BCUT2D eigenvalue weighted by atomic mass is 10.1. The number of carbonyl (C=O) groups is 1. The van der Waals surface area contributed by atoms with Crippen molar-refractivity contribution in [3.8, 4) is 0 Å². The molecular weight excluding hydrogens is 328 g/mol. The summed E-state index contributed by atoms with van der Waals surface area (Å²) in [5.74, 6) is 0.147. The molecule has 3 rings (SSSR count). The SMILES string of the molecule is O=C(Cc1ccc(Br)cc1)N1CCNCc2ccccc21. The van der Waals surface area contributed by atoms with Gasteiger partial charge in [-0.1, -0.05) is 46.3 Å². The third-order valence-corrected chi connectivity index (χ3v) is 4.21. The maximum Gasteiger partial charge on any atom is 0.231 e. The first-order chi connectivity index (χ1) is 10.2. The Balaban J connectivity index is 1.82. The Kier molecular flexibility index (Phi) is 4.36. The molecule has 3 nitrogen and oxygen atoms in total. The quantitative estimate of drug-likeness (QED) is 0.907. The molecule has 2 aromatic rings. The molecule has 0 bridgehead atoms. The molecule has 0 atom stereocenters. The first-order valence-electron chi connectivity index (χ1n) is 7.07. The molecule has 0 radical (unpaired) electrons. The minimum Gasteiger partial charge on any atom is -0.311 e. The molecule has 0 fully saturated rings. The van der Waals surface area contributed by atoms with Crippen molar-refractivity contribution in [2.24, 2.45) is 0 Å². The molecular formula is C17H17BrN2O. The van der Waals surface area contributed by atoms with E-state index in [0.717, 1.165) is 28.8 Å². The second-order valence-electron chi connectivity index (χ2n) is 5.15. The number of hydrogen-bond acceptors (Lipinski definition) is 2. The Bertz CT molecular complexity index is 639. The number of benzene rings is 2. The Hall–Kier alpha value is -1.65. The number of rotatable bonds is 2. The van der Waals surface area contributed by atoms with Gasteiger partial charge in [0.15, 0.2) is 0 Å². The Labute approximate surface area is 133 Å². The third-order valence-electron chi connectivity index (χ3n) is 3.68. The van der Waals surface area contributed by atoms with Gasteiger partial charge in [-0.05, 0) is 29.3 Å². The number of halogens is 1. The molecule has 1 N–H and O–H groups in total. The molecule has 21 heavy (non-hydrogen) atoms. The highest BCUT2D eigenvalue weighted by Gasteiger charge is 2.20. The fourth-order valence-corrected chi connectivity index (χ4v) is 2.85. The largest absolute Gasteiger partial charge is 0.311 e. The van der Waals surface area contributed by atoms with Crippen molar-refractivity contribution in [1.29, 1.82) is 0 Å². The number of carbonyl (C=O) groups excluding carboxylic acids is 1. The van der Waals surface area contributed by atoms with E-state index >= 15 is 0 Å². The van der Waals surface area contributed by atoms with Gasteiger partial charge in [0.2, 0.25) is 5.91 Å². The van der Waals surface area contributed by atoms with Gasteiger partial charge in [0.1, 0.15) is 0 Å². The van der Waals surface area contributed by atoms with Crippen LogP contribution in [-0.2, 0) is 17.8 Å². The van der Waals surface area contributed by atoms with Crippen LogP contribution in [0.25, 0.3) is 0 Å². The van der Waals surface area contributed by atoms with E-state index in [-0.39, 0.29) is 5.91 Å². The van der Waals surface area contributed by atoms with Crippen LogP contribution < -0.4 is 10.2 Å². The van der Waals surface area contributed by atoms with Gasteiger partial charge in [0.25, 0.3) is 0 Å². The van der Waals surface area contributed by atoms with E-state index in [4.69, 9.17) is 0 Å². The fourth-order valence-electron chi connectivity index (χ4n) is 2.59. The predicted molar refractivity (Wildman–Crippen MR) is 88.3 cm³/mol. The molecule has 2 aromatic carbocycles. The Morgan fingerprint density at radius 3 is 2.71 bits per heavy atom. The molecule has 0 saturated heterocycles. The fraction of sp³-hybridized carbons (Fsp3) is 0.235. The smallest absolute Gasteiger partial charge is 0.231 e. The van der Waals surface area contributed by atoms with Gasteiger partial charge in [-0.15, -0.1) is 0 Å². The maximum absolute atomic E-state index is 12.7. The summed E-state index contributed by atoms with van der Waals surface area (Å²) in [6.45, 7) is 2.35. The monoisotopic (exact) mass is 344 g/mol. The van der Waals surface area contributed by atoms with Crippen LogP contribution in [0.4, 0.5) is 5.69 Å². The molecule has 0 unspecified atom stereocenters. The van der Waals surface area contributed by atoms with Gasteiger partial charge >= 0.3 is 0 Å². The van der Waals surface area contributed by atoms with E-state index in [0.29, 0.717) is 13.0 Å². The molecule has 0 spiro atoms. The van der Waals surface area contributed by atoms with E-state index in [2.05, 4.69) is 27.3 Å². The van der Waals surface area contributed by atoms with Crippen LogP contribution >= 0.6 is 15.9 Å². The number of para-hydroxylation sites is 1. The average Bonchev–Trinajstić information content (AvgIpc) is 2.72. The number of nitrogens with zero attached hydrogens (tertiary/aromatic N) is 1. The summed E-state index contributed by atoms with van der Waals surface area (Å²) < 4.78 is 1.03. The lowest BCUT2D eigenvalue weighted by Crippen LogP contribution is -2.35. The first kappa shape index (κ1) is 14.3. The van der Waals surface area contributed by atoms with Crippen molar-refractivity contribution < 1.29 is 4.79 Å². The van der Waals surface area contributed by atoms with Gasteiger partial charge < -0.3 is 10.2 Å². The molecule has 108 valence electrons. The summed E-state index contributed by atoms with van der Waals surface area (Å²) in [4.78, 5) is 14.6. The predicted octanol–water partition coefficient (Wildman–Crippen LogP) is 3.13. The van der Waals surface area contributed by atoms with E-state index in [9.17, 15) is 4.79 Å². The van der Waals surface area contributed by atoms with Crippen LogP contribution in [0.5, 0.6) is 0 Å². The molecule has 1 aliphatic rings. The number of nitrogens with one attached hydrogen (secondary N) is 1. The number of anilines is 1. The van der Waals surface area contributed by atoms with E-state index in [1.807, 2.05) is 47.4 Å². The maximum atomic E-state index is 12.7. The van der Waals surface area contributed by atoms with Crippen molar-refractivity contribution >= 4 is 27.5 Å². The Morgan fingerprint density at radius 1 is 1.14 bits per heavy atom. The second kappa shape index (κ2) is 6.41. The number of fused-ring (bicyclic) bond motifs is 1. The summed E-state index contributed by atoms with van der Waals surface area (Å²) in [6.07, 6.45) is 0.432. The number of amides is 1. The van der Waals surface area contributed by atoms with Crippen LogP contribution in [0.1, 0.15) is 11.1 Å². The molecule has 4 heteroatoms. The van der Waals surface area contributed by atoms with E-state index in [1.54, 1.807) is 0 Å². The zero-order valence-electron chi connectivity index (χ0n) is 11.7. The zero-order chi connectivity index (χ0) is 14.7. The van der Waals surface area contributed by atoms with Crippen molar-refractivity contribution in [2.75, 3.05) is 18.0 Å². The Morgan fingerprint density at radius 2 is 1.90 bits per heavy atom. The summed E-state index contributed by atoms with van der Waals surface area (Å²) >= 11 is 3.42. The molecule has 0 aliphatic carbocycles. The van der Waals surface area contributed by atoms with Crippen LogP contribution in [0.15, 0.2) is 53.0 Å². The summed E-state index contributed by atoms with van der Waals surface area (Å²) in [7, 11) is 0. The molecule has 1 aliphatic heterocycles. The molecule has 1 heterocycles. The van der Waals surface area contributed by atoms with Crippen LogP contribution in [0.3, 0.4) is 0 Å². The third kappa shape index (κ3) is 3.34. The molecule has 0 aromatic heterocycles. The highest BCUT2D eigenvalue weighted by molar-refractivity contribution is 9.10. The zero-order valence-corrected chi connectivity index (χ0v) is 13.3. The summed E-state index contributed by atoms with van der Waals surface area (Å²) in [6, 6.07) is 16.0. The van der Waals surface area contributed by atoms with Gasteiger partial charge in [0, 0.05) is 29.8 Å². The standard InChI is InChI=1S/C17H17BrN2O/c18-15-7-5-13(6-8-15)11-17(21)20-10-9-19-12-14-3-1-2-4-16(14)20/h1-8,19H,9-12H2. The molecule has 1 amide bonds. The summed E-state index contributed by atoms with van der Waals surface area (Å²) in [5, 5.41) is 3.36. The van der Waals surface area contributed by atoms with Crippen LogP contribution in [-0.4, -0.2) is 19.0 Å². The summed E-state index contributed by atoms with van der Waals surface area (Å²) in [5.41, 5.74) is 3.25. The van der Waals surface area contributed by atoms with Crippen molar-refractivity contribution in [3.05, 3.63) is 64.1 Å². The topological polar surface area (TPSA) is 32.3 Å². The van der Waals surface area contributed by atoms with Crippen molar-refractivity contribution in [3.63, 3.8) is 0 Å². The number of hydrogen-bond donors (Lipinski definition) is 1. The van der Waals surface area contributed by atoms with E-state index in [1.165, 1.54) is 5.56 Å². The van der Waals surface area contributed by atoms with Gasteiger partial charge in [0.05, 0.1) is 6.42 Å². The van der Waals surface area contributed by atoms with Crippen LogP contribution in [0.2, 0.25) is 0 Å². The lowest BCUT2D eigenvalue weighted by Gasteiger charge is -2.22. The first-order valence-corrected chi connectivity index (χ1v) is 7.87. The van der Waals surface area contributed by atoms with E-state index < -0.39 is 0 Å². The minimum absolute atomic E-state index is 0.147. The van der Waals surface area contributed by atoms with Crippen LogP contribution in [0, 0.1) is 0 Å². The van der Waals surface area contributed by atoms with Crippen molar-refractivity contribution in [2.45, 2.75) is 13.0 Å². The average molecular weight is 345 g/mol. The van der Waals surface area contributed by atoms with Gasteiger partial charge in [-0.3, -0.25) is 4.79 Å². The van der Waals surface area contributed by atoms with Gasteiger partial charge in [-0.2, -0.15) is 0 Å². The lowest BCUT2D eigenvalue weighted by molar-refractivity contribution is -0.118. The highest BCUT2D eigenvalue weighted by Crippen LogP contribution is 2.23. The second-order valence-corrected chi connectivity index (χ2v) is 6.07. The van der Waals surface area contributed by atoms with Crippen molar-refractivity contribution in [1.82, 2.24) is 5.32 Å². The normalized spacial score (nSPS) is 14.4. The molecule has 0 saturated carbocycles. The van der Waals surface area contributed by atoms with Gasteiger partial charge in [-0.25, -0.2) is 0 Å². The highest BCUT2D eigenvalue weighted by atomic mass is 79.9. The minimum atomic E-state index is 0.147.